The molecule has 2 aromatic rings. The first-order valence-electron chi connectivity index (χ1n) is 6.89. The molecule has 120 valence electrons. The average Bonchev–Trinajstić information content (AvgIpc) is 3.02. The molecule has 1 N–H and O–H groups in total. The number of morpholine rings is 1. The van der Waals surface area contributed by atoms with Gasteiger partial charge in [0.15, 0.2) is 11.2 Å². The number of nitrogens with zero attached hydrogens (tertiary/aromatic N) is 2. The minimum Gasteiger partial charge on any atom is -0.356 e. The van der Waals surface area contributed by atoms with Crippen LogP contribution >= 0.6 is 11.3 Å². The number of nitrogens with one attached hydrogen (secondary N) is 1. The summed E-state index contributed by atoms with van der Waals surface area (Å²) in [4.78, 5) is 29.8. The van der Waals surface area contributed by atoms with Crippen molar-refractivity contribution in [2.75, 3.05) is 19.0 Å². The SMILES string of the molecule is CN1C(=O)CO[C@@H](C(=O)Nc2nccs2)[C@H]1c1cccc(F)c1. The summed E-state index contributed by atoms with van der Waals surface area (Å²) >= 11 is 1.28. The van der Waals surface area contributed by atoms with Crippen molar-refractivity contribution in [3.63, 3.8) is 0 Å². The molecule has 0 unspecified atom stereocenters. The lowest BCUT2D eigenvalue weighted by atomic mass is 9.97. The molecule has 1 aliphatic heterocycles. The van der Waals surface area contributed by atoms with Gasteiger partial charge in [0.05, 0.1) is 6.04 Å². The summed E-state index contributed by atoms with van der Waals surface area (Å²) in [6, 6.07) is 5.10. The molecule has 2 atom stereocenters. The molecule has 0 bridgehead atoms. The van der Waals surface area contributed by atoms with Crippen LogP contribution in [0, 0.1) is 5.82 Å². The van der Waals surface area contributed by atoms with Crippen LogP contribution in [-0.4, -0.2) is 41.5 Å². The summed E-state index contributed by atoms with van der Waals surface area (Å²) < 4.78 is 19.0. The number of benzene rings is 1. The second-order valence-corrected chi connectivity index (χ2v) is 5.96. The Kier molecular flexibility index (Phi) is 4.35. The predicted molar refractivity (Wildman–Crippen MR) is 82.4 cm³/mol. The number of anilines is 1. The third-order valence-electron chi connectivity index (χ3n) is 3.59. The maximum Gasteiger partial charge on any atom is 0.257 e. The molecule has 1 aromatic heterocycles. The van der Waals surface area contributed by atoms with Crippen LogP contribution in [0.1, 0.15) is 11.6 Å². The number of ether oxygens (including phenoxy) is 1. The lowest BCUT2D eigenvalue weighted by molar-refractivity contribution is -0.160. The monoisotopic (exact) mass is 335 g/mol. The van der Waals surface area contributed by atoms with E-state index in [0.717, 1.165) is 0 Å². The van der Waals surface area contributed by atoms with Crippen LogP contribution < -0.4 is 5.32 Å². The normalized spacial score (nSPS) is 21.3. The predicted octanol–water partition coefficient (Wildman–Crippen LogP) is 1.82. The van der Waals surface area contributed by atoms with Gasteiger partial charge in [0, 0.05) is 18.6 Å². The summed E-state index contributed by atoms with van der Waals surface area (Å²) in [5, 5.41) is 4.83. The van der Waals surface area contributed by atoms with Crippen LogP contribution in [0.15, 0.2) is 35.8 Å². The smallest absolute Gasteiger partial charge is 0.257 e. The Bertz CT molecular complexity index is 723. The molecule has 23 heavy (non-hydrogen) atoms. The van der Waals surface area contributed by atoms with E-state index in [9.17, 15) is 14.0 Å². The number of halogens is 1. The maximum absolute atomic E-state index is 13.5. The van der Waals surface area contributed by atoms with Gasteiger partial charge in [-0.3, -0.25) is 14.9 Å². The number of likely N-dealkylation sites (N-methyl/N-ethyl adjacent to an activating group) is 1. The van der Waals surface area contributed by atoms with Gasteiger partial charge in [-0.1, -0.05) is 12.1 Å². The van der Waals surface area contributed by atoms with Gasteiger partial charge in [0.1, 0.15) is 12.4 Å². The highest BCUT2D eigenvalue weighted by Crippen LogP contribution is 2.30. The first-order chi connectivity index (χ1) is 11.1. The molecule has 0 aliphatic carbocycles. The first kappa shape index (κ1) is 15.6. The molecule has 2 amide bonds. The lowest BCUT2D eigenvalue weighted by Crippen LogP contribution is -2.51. The van der Waals surface area contributed by atoms with E-state index in [1.807, 2.05) is 0 Å². The van der Waals surface area contributed by atoms with Crippen molar-refractivity contribution in [2.24, 2.45) is 0 Å². The summed E-state index contributed by atoms with van der Waals surface area (Å²) in [7, 11) is 1.57. The zero-order valence-electron chi connectivity index (χ0n) is 12.2. The number of aromatic nitrogens is 1. The van der Waals surface area contributed by atoms with Gasteiger partial charge < -0.3 is 9.64 Å². The number of hydrogen-bond acceptors (Lipinski definition) is 5. The van der Waals surface area contributed by atoms with Crippen molar-refractivity contribution in [3.8, 4) is 0 Å². The number of hydrogen-bond donors (Lipinski definition) is 1. The van der Waals surface area contributed by atoms with E-state index >= 15 is 0 Å². The van der Waals surface area contributed by atoms with Gasteiger partial charge in [0.2, 0.25) is 5.91 Å². The van der Waals surface area contributed by atoms with Crippen molar-refractivity contribution in [2.45, 2.75) is 12.1 Å². The molecule has 8 heteroatoms. The van der Waals surface area contributed by atoms with Crippen molar-refractivity contribution < 1.29 is 18.7 Å². The van der Waals surface area contributed by atoms with Gasteiger partial charge >= 0.3 is 0 Å². The molecular weight excluding hydrogens is 321 g/mol. The van der Waals surface area contributed by atoms with E-state index in [4.69, 9.17) is 4.74 Å². The van der Waals surface area contributed by atoms with Crippen LogP contribution in [0.25, 0.3) is 0 Å². The number of thiazole rings is 1. The molecule has 1 aromatic carbocycles. The molecule has 3 rings (SSSR count). The maximum atomic E-state index is 13.5. The second-order valence-electron chi connectivity index (χ2n) is 5.06. The molecule has 1 saturated heterocycles. The molecule has 1 aliphatic rings. The Hall–Kier alpha value is -2.32. The number of amides is 2. The largest absolute Gasteiger partial charge is 0.356 e. The van der Waals surface area contributed by atoms with Crippen molar-refractivity contribution in [1.82, 2.24) is 9.88 Å². The van der Waals surface area contributed by atoms with Gasteiger partial charge in [-0.25, -0.2) is 9.37 Å². The fraction of sp³-hybridized carbons (Fsp3) is 0.267. The van der Waals surface area contributed by atoms with Crippen molar-refractivity contribution >= 4 is 28.3 Å². The molecule has 0 saturated carbocycles. The minimum atomic E-state index is -0.941. The van der Waals surface area contributed by atoms with Gasteiger partial charge in [-0.2, -0.15) is 0 Å². The van der Waals surface area contributed by atoms with Crippen molar-refractivity contribution in [1.29, 1.82) is 0 Å². The second kappa shape index (κ2) is 6.43. The van der Waals surface area contributed by atoms with E-state index in [1.165, 1.54) is 34.4 Å². The molecule has 1 fully saturated rings. The summed E-state index contributed by atoms with van der Waals surface area (Å²) in [6.07, 6.45) is 0.630. The van der Waals surface area contributed by atoms with Crippen LogP contribution in [-0.2, 0) is 14.3 Å². The highest BCUT2D eigenvalue weighted by atomic mass is 32.1. The molecule has 0 radical (unpaired) electrons. The van der Waals surface area contributed by atoms with Gasteiger partial charge in [-0.15, -0.1) is 11.3 Å². The quantitative estimate of drug-likeness (QED) is 0.929. The zero-order chi connectivity index (χ0) is 16.4. The van der Waals surface area contributed by atoms with E-state index < -0.39 is 23.9 Å². The topological polar surface area (TPSA) is 71.5 Å². The average molecular weight is 335 g/mol. The Morgan fingerprint density at radius 1 is 1.52 bits per heavy atom. The van der Waals surface area contributed by atoms with E-state index in [-0.39, 0.29) is 12.5 Å². The standard InChI is InChI=1S/C15H14FN3O3S/c1-19-11(20)8-22-13(14(21)18-15-17-5-6-23-15)12(19)9-3-2-4-10(16)7-9/h2-7,12-13H,8H2,1H3,(H,17,18,21)/t12-,13-/m1/s1. The fourth-order valence-electron chi connectivity index (χ4n) is 2.48. The highest BCUT2D eigenvalue weighted by Gasteiger charge is 2.40. The fourth-order valence-corrected chi connectivity index (χ4v) is 3.01. The summed E-state index contributed by atoms with van der Waals surface area (Å²) in [5.41, 5.74) is 0.500. The molecule has 2 heterocycles. The Morgan fingerprint density at radius 2 is 2.35 bits per heavy atom. The lowest BCUT2D eigenvalue weighted by Gasteiger charge is -2.38. The number of carbonyl (C=O) groups excluding carboxylic acids is 2. The van der Waals surface area contributed by atoms with Crippen LogP contribution in [0.2, 0.25) is 0 Å². The minimum absolute atomic E-state index is 0.196. The number of carbonyl (C=O) groups is 2. The third kappa shape index (κ3) is 3.22. The van der Waals surface area contributed by atoms with Gasteiger partial charge in [0.25, 0.3) is 5.91 Å². The molecular formula is C15H14FN3O3S. The first-order valence-corrected chi connectivity index (χ1v) is 7.77. The Labute approximate surface area is 135 Å². The van der Waals surface area contributed by atoms with Crippen LogP contribution in [0.3, 0.4) is 0 Å². The Balaban J connectivity index is 1.89. The van der Waals surface area contributed by atoms with Gasteiger partial charge in [-0.05, 0) is 17.7 Å². The summed E-state index contributed by atoms with van der Waals surface area (Å²) in [6.45, 7) is -0.196. The summed E-state index contributed by atoms with van der Waals surface area (Å²) in [5.74, 6) is -1.13. The zero-order valence-corrected chi connectivity index (χ0v) is 13.0. The van der Waals surface area contributed by atoms with E-state index in [1.54, 1.807) is 24.7 Å². The highest BCUT2D eigenvalue weighted by molar-refractivity contribution is 7.13. The molecule has 0 spiro atoms. The van der Waals surface area contributed by atoms with Crippen LogP contribution in [0.5, 0.6) is 0 Å². The number of rotatable bonds is 3. The van der Waals surface area contributed by atoms with Crippen LogP contribution in [0.4, 0.5) is 9.52 Å². The van der Waals surface area contributed by atoms with Crippen molar-refractivity contribution in [3.05, 3.63) is 47.2 Å². The van der Waals surface area contributed by atoms with E-state index in [2.05, 4.69) is 10.3 Å². The molecule has 6 nitrogen and oxygen atoms in total. The Morgan fingerprint density at radius 3 is 3.04 bits per heavy atom. The van der Waals surface area contributed by atoms with E-state index in [0.29, 0.717) is 10.7 Å². The third-order valence-corrected chi connectivity index (χ3v) is 4.28.